The molecule has 1 unspecified atom stereocenters. The number of nitrogens with one attached hydrogen (secondary N) is 2. The molecule has 3 aromatic carbocycles. The summed E-state index contributed by atoms with van der Waals surface area (Å²) in [6.45, 7) is 4.79. The van der Waals surface area contributed by atoms with Crippen LogP contribution in [-0.4, -0.2) is 47.2 Å². The first-order valence-electron chi connectivity index (χ1n) is 14.6. The molecule has 0 saturated carbocycles. The fourth-order valence-corrected chi connectivity index (χ4v) is 6.15. The molecule has 10 nitrogen and oxygen atoms in total. The zero-order chi connectivity index (χ0) is 30.8. The molecule has 6 rings (SSSR count). The van der Waals surface area contributed by atoms with Crippen LogP contribution in [0.1, 0.15) is 43.9 Å². The summed E-state index contributed by atoms with van der Waals surface area (Å²) in [7, 11) is 3.21. The Hall–Kier alpha value is -5.12. The van der Waals surface area contributed by atoms with E-state index in [1.807, 2.05) is 71.6 Å². The van der Waals surface area contributed by atoms with Gasteiger partial charge in [-0.25, -0.2) is 9.67 Å². The Bertz CT molecular complexity index is 1710. The fourth-order valence-electron chi connectivity index (χ4n) is 6.15. The number of Topliss-reactive ketones (excluding diaryl/α,β-unsaturated/α-hetero) is 1. The Kier molecular flexibility index (Phi) is 7.82. The number of anilines is 3. The molecule has 0 bridgehead atoms. The highest BCUT2D eigenvalue weighted by atomic mass is 16.5. The number of nitrogens with zero attached hydrogens (tertiary/aromatic N) is 4. The Morgan fingerprint density at radius 3 is 2.57 bits per heavy atom. The van der Waals surface area contributed by atoms with E-state index in [1.54, 1.807) is 25.2 Å². The van der Waals surface area contributed by atoms with E-state index in [2.05, 4.69) is 34.6 Å². The molecule has 10 heteroatoms. The lowest BCUT2D eigenvalue weighted by atomic mass is 9.73. The average molecular weight is 593 g/mol. The number of allylic oxidation sites excluding steroid dienone is 1. The number of aromatic nitrogens is 3. The Morgan fingerprint density at radius 2 is 1.84 bits per heavy atom. The first-order chi connectivity index (χ1) is 21.2. The van der Waals surface area contributed by atoms with Crippen molar-refractivity contribution in [2.24, 2.45) is 5.41 Å². The van der Waals surface area contributed by atoms with Crippen molar-refractivity contribution in [1.29, 1.82) is 0 Å². The van der Waals surface area contributed by atoms with E-state index in [0.29, 0.717) is 42.1 Å². The molecular formula is C34H36N6O4. The van der Waals surface area contributed by atoms with Crippen LogP contribution in [-0.2, 0) is 16.1 Å². The molecule has 2 N–H and O–H groups in total. The number of benzene rings is 3. The van der Waals surface area contributed by atoms with Crippen molar-refractivity contribution in [1.82, 2.24) is 14.8 Å². The Balaban J connectivity index is 1.39. The highest BCUT2D eigenvalue weighted by molar-refractivity contribution is 6.02. The number of hydrogen-bond donors (Lipinski definition) is 2. The third-order valence-corrected chi connectivity index (χ3v) is 8.10. The molecule has 2 aliphatic rings. The topological polar surface area (TPSA) is 111 Å². The molecule has 2 heterocycles. The number of para-hydroxylation sites is 2. The van der Waals surface area contributed by atoms with Gasteiger partial charge < -0.3 is 25.0 Å². The van der Waals surface area contributed by atoms with Gasteiger partial charge in [0, 0.05) is 35.0 Å². The van der Waals surface area contributed by atoms with Crippen LogP contribution in [0.25, 0.3) is 0 Å². The minimum Gasteiger partial charge on any atom is -0.497 e. The predicted molar refractivity (Wildman–Crippen MR) is 169 cm³/mol. The molecule has 4 aromatic rings. The summed E-state index contributed by atoms with van der Waals surface area (Å²) < 4.78 is 13.1. The highest BCUT2D eigenvalue weighted by Crippen LogP contribution is 2.50. The largest absolute Gasteiger partial charge is 0.497 e. The van der Waals surface area contributed by atoms with Crippen LogP contribution >= 0.6 is 0 Å². The lowest BCUT2D eigenvalue weighted by molar-refractivity contribution is -0.119. The van der Waals surface area contributed by atoms with Crippen LogP contribution in [0, 0.1) is 5.41 Å². The van der Waals surface area contributed by atoms with Crippen molar-refractivity contribution in [3.63, 3.8) is 0 Å². The molecule has 0 radical (unpaired) electrons. The van der Waals surface area contributed by atoms with E-state index in [-0.39, 0.29) is 23.7 Å². The molecule has 226 valence electrons. The molecule has 1 atom stereocenters. The van der Waals surface area contributed by atoms with E-state index in [9.17, 15) is 9.59 Å². The summed E-state index contributed by atoms with van der Waals surface area (Å²) in [5.74, 6) is 1.05. The van der Waals surface area contributed by atoms with Gasteiger partial charge in [0.05, 0.1) is 44.7 Å². The number of amides is 1. The highest BCUT2D eigenvalue weighted by Gasteiger charge is 2.42. The van der Waals surface area contributed by atoms with Gasteiger partial charge in [0.1, 0.15) is 24.2 Å². The molecule has 1 aromatic heterocycles. The van der Waals surface area contributed by atoms with Crippen LogP contribution < -0.4 is 25.0 Å². The number of ether oxygens (including phenoxy) is 2. The van der Waals surface area contributed by atoms with E-state index < -0.39 is 6.04 Å². The van der Waals surface area contributed by atoms with E-state index in [0.717, 1.165) is 28.2 Å². The minimum absolute atomic E-state index is 0.00724. The molecule has 0 spiro atoms. The van der Waals surface area contributed by atoms with E-state index in [4.69, 9.17) is 9.47 Å². The quantitative estimate of drug-likeness (QED) is 0.272. The second kappa shape index (κ2) is 11.9. The van der Waals surface area contributed by atoms with Crippen molar-refractivity contribution >= 4 is 28.8 Å². The van der Waals surface area contributed by atoms with E-state index >= 15 is 0 Å². The third-order valence-electron chi connectivity index (χ3n) is 8.10. The van der Waals surface area contributed by atoms with Crippen molar-refractivity contribution in [2.75, 3.05) is 36.3 Å². The van der Waals surface area contributed by atoms with Gasteiger partial charge in [0.2, 0.25) is 5.91 Å². The zero-order valence-corrected chi connectivity index (χ0v) is 25.3. The van der Waals surface area contributed by atoms with Gasteiger partial charge in [-0.2, -0.15) is 5.10 Å². The number of ketones is 1. The summed E-state index contributed by atoms with van der Waals surface area (Å²) in [6, 6.07) is 20.5. The third kappa shape index (κ3) is 5.88. The second-order valence-electron chi connectivity index (χ2n) is 12.0. The van der Waals surface area contributed by atoms with Crippen molar-refractivity contribution in [2.45, 2.75) is 39.3 Å². The summed E-state index contributed by atoms with van der Waals surface area (Å²) in [4.78, 5) is 33.8. The number of carbonyl (C=O) groups is 2. The van der Waals surface area contributed by atoms with Crippen molar-refractivity contribution in [3.8, 4) is 11.5 Å². The van der Waals surface area contributed by atoms with E-state index in [1.165, 1.54) is 6.33 Å². The second-order valence-corrected chi connectivity index (χ2v) is 12.0. The van der Waals surface area contributed by atoms with Crippen LogP contribution in [0.2, 0.25) is 0 Å². The molecule has 0 fully saturated rings. The normalized spacial score (nSPS) is 17.2. The number of methoxy groups -OCH3 is 2. The average Bonchev–Trinajstić information content (AvgIpc) is 3.47. The van der Waals surface area contributed by atoms with Gasteiger partial charge in [-0.3, -0.25) is 9.59 Å². The van der Waals surface area contributed by atoms with Crippen molar-refractivity contribution in [3.05, 3.63) is 102 Å². The number of hydrogen-bond acceptors (Lipinski definition) is 8. The van der Waals surface area contributed by atoms with Crippen LogP contribution in [0.15, 0.2) is 90.7 Å². The van der Waals surface area contributed by atoms with Crippen molar-refractivity contribution < 1.29 is 19.1 Å². The standard InChI is InChI=1S/C34H36N6O4/c1-34(2)16-27-32(29(41)17-34)33(25-14-13-24(43-3)15-30(25)44-4)40(28-8-6-5-7-26(28)38-27)19-31(42)37-23-11-9-22(10-12-23)18-39-21-35-20-36-39/h5-15,20-21,33,38H,16-19H2,1-4H3,(H,37,42). The molecular weight excluding hydrogens is 556 g/mol. The molecule has 44 heavy (non-hydrogen) atoms. The maximum Gasteiger partial charge on any atom is 0.243 e. The lowest BCUT2D eigenvalue weighted by Gasteiger charge is -2.38. The fraction of sp³-hybridized carbons (Fsp3) is 0.294. The van der Waals surface area contributed by atoms with Crippen LogP contribution in [0.3, 0.4) is 0 Å². The Labute approximate surface area is 256 Å². The minimum atomic E-state index is -0.582. The van der Waals surface area contributed by atoms with Gasteiger partial charge in [-0.15, -0.1) is 0 Å². The lowest BCUT2D eigenvalue weighted by Crippen LogP contribution is -2.40. The smallest absolute Gasteiger partial charge is 0.243 e. The number of fused-ring (bicyclic) bond motifs is 1. The van der Waals surface area contributed by atoms with Gasteiger partial charge >= 0.3 is 0 Å². The molecule has 1 amide bonds. The first kappa shape index (κ1) is 29.0. The van der Waals surface area contributed by atoms with Crippen LogP contribution in [0.4, 0.5) is 17.1 Å². The Morgan fingerprint density at radius 1 is 1.05 bits per heavy atom. The van der Waals surface area contributed by atoms with Gasteiger partial charge in [0.15, 0.2) is 5.78 Å². The monoisotopic (exact) mass is 592 g/mol. The summed E-state index contributed by atoms with van der Waals surface area (Å²) in [5.41, 5.74) is 5.44. The van der Waals surface area contributed by atoms with Gasteiger partial charge in [-0.1, -0.05) is 38.1 Å². The van der Waals surface area contributed by atoms with Gasteiger partial charge in [0.25, 0.3) is 0 Å². The first-order valence-corrected chi connectivity index (χ1v) is 14.6. The maximum atomic E-state index is 14.0. The molecule has 0 saturated heterocycles. The van der Waals surface area contributed by atoms with Gasteiger partial charge in [-0.05, 0) is 53.8 Å². The maximum absolute atomic E-state index is 14.0. The number of rotatable bonds is 8. The summed E-state index contributed by atoms with van der Waals surface area (Å²) in [5, 5.41) is 10.8. The van der Waals surface area contributed by atoms with Crippen LogP contribution in [0.5, 0.6) is 11.5 Å². The number of carbonyl (C=O) groups excluding carboxylic acids is 2. The molecule has 1 aliphatic heterocycles. The molecule has 1 aliphatic carbocycles. The summed E-state index contributed by atoms with van der Waals surface area (Å²) >= 11 is 0. The summed E-state index contributed by atoms with van der Waals surface area (Å²) in [6.07, 6.45) is 4.26. The predicted octanol–water partition coefficient (Wildman–Crippen LogP) is 5.60. The zero-order valence-electron chi connectivity index (χ0n) is 25.3. The SMILES string of the molecule is COc1ccc(C2C3=C(CC(C)(C)CC3=O)Nc3ccccc3N2CC(=O)Nc2ccc(Cn3cncn3)cc2)c(OC)c1.